The first kappa shape index (κ1) is 13.5. The van der Waals surface area contributed by atoms with Crippen LogP contribution in [0.5, 0.6) is 0 Å². The molecular weight excluding hydrogens is 320 g/mol. The number of sulfone groups is 1. The first-order valence-electron chi connectivity index (χ1n) is 5.44. The highest BCUT2D eigenvalue weighted by Gasteiger charge is 2.39. The van der Waals surface area contributed by atoms with Crippen molar-refractivity contribution in [2.75, 3.05) is 11.5 Å². The molecule has 1 unspecified atom stereocenters. The molecule has 2 heterocycles. The Morgan fingerprint density at radius 1 is 1.50 bits per heavy atom. The minimum Gasteiger partial charge on any atom is -0.346 e. The summed E-state index contributed by atoms with van der Waals surface area (Å²) in [7, 11) is -3.03. The van der Waals surface area contributed by atoms with Crippen LogP contribution in [0, 0.1) is 0 Å². The van der Waals surface area contributed by atoms with Crippen LogP contribution < -0.4 is 5.32 Å². The second kappa shape index (κ2) is 4.62. The van der Waals surface area contributed by atoms with Crippen LogP contribution in [-0.2, 0) is 9.84 Å². The Morgan fingerprint density at radius 2 is 2.22 bits per heavy atom. The number of rotatable bonds is 2. The summed E-state index contributed by atoms with van der Waals surface area (Å²) in [6.45, 7) is 1.75. The van der Waals surface area contributed by atoms with Gasteiger partial charge in [-0.2, -0.15) is 0 Å². The summed E-state index contributed by atoms with van der Waals surface area (Å²) in [5.74, 6) is -0.174. The van der Waals surface area contributed by atoms with Gasteiger partial charge in [0.15, 0.2) is 9.84 Å². The molecule has 0 aromatic carbocycles. The van der Waals surface area contributed by atoms with Gasteiger partial charge in [-0.15, -0.1) is 0 Å². The van der Waals surface area contributed by atoms with Gasteiger partial charge in [-0.3, -0.25) is 4.79 Å². The van der Waals surface area contributed by atoms with Crippen LogP contribution >= 0.6 is 15.9 Å². The third kappa shape index (κ3) is 3.08. The number of carbonyl (C=O) groups is 1. The fourth-order valence-corrected chi connectivity index (χ4v) is 4.29. The topological polar surface area (TPSA) is 76.1 Å². The number of nitrogens with zero attached hydrogens (tertiary/aromatic N) is 1. The second-order valence-electron chi connectivity index (χ2n) is 4.73. The number of hydrogen-bond acceptors (Lipinski definition) is 4. The highest BCUT2D eigenvalue weighted by Crippen LogP contribution is 2.23. The van der Waals surface area contributed by atoms with Gasteiger partial charge in [0.25, 0.3) is 5.91 Å². The van der Waals surface area contributed by atoms with Crippen LogP contribution in [0.15, 0.2) is 22.9 Å². The van der Waals surface area contributed by atoms with Gasteiger partial charge in [-0.25, -0.2) is 13.4 Å². The summed E-state index contributed by atoms with van der Waals surface area (Å²) in [5.41, 5.74) is -0.257. The van der Waals surface area contributed by atoms with Crippen LogP contribution in [0.3, 0.4) is 0 Å². The lowest BCUT2D eigenvalue weighted by Gasteiger charge is -2.23. The normalized spacial score (nSPS) is 25.9. The van der Waals surface area contributed by atoms with Crippen molar-refractivity contribution >= 4 is 31.7 Å². The zero-order chi connectivity index (χ0) is 13.4. The number of amides is 1. The van der Waals surface area contributed by atoms with Crippen molar-refractivity contribution in [2.45, 2.75) is 18.9 Å². The molecule has 1 aromatic heterocycles. The molecule has 1 saturated heterocycles. The zero-order valence-corrected chi connectivity index (χ0v) is 12.2. The van der Waals surface area contributed by atoms with E-state index in [1.165, 1.54) is 6.20 Å². The van der Waals surface area contributed by atoms with Gasteiger partial charge in [-0.05, 0) is 41.4 Å². The molecular formula is C11H13BrN2O3S. The van der Waals surface area contributed by atoms with Crippen LogP contribution in [0.25, 0.3) is 0 Å². The minimum absolute atomic E-state index is 0.00427. The number of carbonyl (C=O) groups excluding carboxylic acids is 1. The average molecular weight is 333 g/mol. The Kier molecular flexibility index (Phi) is 3.46. The maximum Gasteiger partial charge on any atom is 0.253 e. The lowest BCUT2D eigenvalue weighted by Crippen LogP contribution is -2.46. The highest BCUT2D eigenvalue weighted by atomic mass is 79.9. The van der Waals surface area contributed by atoms with Crippen LogP contribution in [0.4, 0.5) is 0 Å². The predicted molar refractivity (Wildman–Crippen MR) is 71.1 cm³/mol. The van der Waals surface area contributed by atoms with E-state index in [1.54, 1.807) is 19.1 Å². The number of pyridine rings is 1. The van der Waals surface area contributed by atoms with Crippen molar-refractivity contribution in [1.29, 1.82) is 0 Å². The van der Waals surface area contributed by atoms with Crippen molar-refractivity contribution in [3.63, 3.8) is 0 Å². The monoisotopic (exact) mass is 332 g/mol. The van der Waals surface area contributed by atoms with Crippen molar-refractivity contribution in [3.05, 3.63) is 28.5 Å². The highest BCUT2D eigenvalue weighted by molar-refractivity contribution is 9.10. The van der Waals surface area contributed by atoms with Gasteiger partial charge in [-0.1, -0.05) is 0 Å². The Morgan fingerprint density at radius 3 is 2.72 bits per heavy atom. The van der Waals surface area contributed by atoms with Crippen molar-refractivity contribution < 1.29 is 13.2 Å². The maximum atomic E-state index is 12.0. The smallest absolute Gasteiger partial charge is 0.253 e. The van der Waals surface area contributed by atoms with Gasteiger partial charge in [0.2, 0.25) is 0 Å². The zero-order valence-electron chi connectivity index (χ0n) is 9.81. The van der Waals surface area contributed by atoms with E-state index in [0.29, 0.717) is 16.6 Å². The summed E-state index contributed by atoms with van der Waals surface area (Å²) in [6, 6.07) is 3.31. The second-order valence-corrected chi connectivity index (χ2v) is 7.72. The molecule has 18 heavy (non-hydrogen) atoms. The fourth-order valence-electron chi connectivity index (χ4n) is 1.97. The summed E-state index contributed by atoms with van der Waals surface area (Å²) in [6.07, 6.45) is 1.90. The molecule has 2 rings (SSSR count). The van der Waals surface area contributed by atoms with Crippen molar-refractivity contribution in [1.82, 2.24) is 10.3 Å². The van der Waals surface area contributed by atoms with Gasteiger partial charge >= 0.3 is 0 Å². The van der Waals surface area contributed by atoms with E-state index >= 15 is 0 Å². The molecule has 5 nitrogen and oxygen atoms in total. The lowest BCUT2D eigenvalue weighted by atomic mass is 10.0. The molecule has 0 aliphatic carbocycles. The molecule has 1 aliphatic rings. The molecule has 1 N–H and O–H groups in total. The van der Waals surface area contributed by atoms with Crippen LogP contribution in [-0.4, -0.2) is 36.4 Å². The first-order chi connectivity index (χ1) is 8.30. The van der Waals surface area contributed by atoms with Crippen LogP contribution in [0.2, 0.25) is 0 Å². The third-order valence-corrected chi connectivity index (χ3v) is 5.28. The number of halogens is 1. The standard InChI is InChI=1S/C11H13BrN2O3S/c1-11(4-5-18(16,17)7-11)14-10(15)8-2-3-9(12)13-6-8/h2-3,6H,4-5,7H2,1H3,(H,14,15). The largest absolute Gasteiger partial charge is 0.346 e. The molecule has 7 heteroatoms. The summed E-state index contributed by atoms with van der Waals surface area (Å²) in [4.78, 5) is 15.9. The predicted octanol–water partition coefficient (Wildman–Crippen LogP) is 1.15. The third-order valence-electron chi connectivity index (χ3n) is 2.91. The van der Waals surface area contributed by atoms with E-state index in [4.69, 9.17) is 0 Å². The molecule has 0 radical (unpaired) electrons. The van der Waals surface area contributed by atoms with Gasteiger partial charge < -0.3 is 5.32 Å². The van der Waals surface area contributed by atoms with Gasteiger partial charge in [0, 0.05) is 6.20 Å². The van der Waals surface area contributed by atoms with Crippen molar-refractivity contribution in [2.24, 2.45) is 0 Å². The SMILES string of the molecule is CC1(NC(=O)c2ccc(Br)nc2)CCS(=O)(=O)C1. The quantitative estimate of drug-likeness (QED) is 0.824. The maximum absolute atomic E-state index is 12.0. The molecule has 0 bridgehead atoms. The van der Waals surface area contributed by atoms with Crippen LogP contribution in [0.1, 0.15) is 23.7 Å². The first-order valence-corrected chi connectivity index (χ1v) is 8.06. The molecule has 1 amide bonds. The average Bonchev–Trinajstić information content (AvgIpc) is 2.53. The Bertz CT molecular complexity index is 570. The molecule has 0 saturated carbocycles. The molecule has 1 aromatic rings. The van der Waals surface area contributed by atoms with E-state index < -0.39 is 15.4 Å². The number of aromatic nitrogens is 1. The van der Waals surface area contributed by atoms with Gasteiger partial charge in [0.1, 0.15) is 4.60 Å². The molecule has 1 atom stereocenters. The Labute approximate surface area is 114 Å². The number of nitrogens with one attached hydrogen (secondary N) is 1. The Balaban J connectivity index is 2.10. The van der Waals surface area contributed by atoms with E-state index in [0.717, 1.165) is 0 Å². The van der Waals surface area contributed by atoms with E-state index in [1.807, 2.05) is 0 Å². The molecule has 0 spiro atoms. The lowest BCUT2D eigenvalue weighted by molar-refractivity contribution is 0.0915. The molecule has 98 valence electrons. The van der Waals surface area contributed by atoms with Gasteiger partial charge in [0.05, 0.1) is 22.6 Å². The minimum atomic E-state index is -3.03. The molecule has 1 fully saturated rings. The Hall–Kier alpha value is -0.950. The van der Waals surface area contributed by atoms with Crippen molar-refractivity contribution in [3.8, 4) is 0 Å². The summed E-state index contributed by atoms with van der Waals surface area (Å²) in [5, 5.41) is 2.77. The van der Waals surface area contributed by atoms with E-state index in [2.05, 4.69) is 26.2 Å². The fraction of sp³-hybridized carbons (Fsp3) is 0.455. The van der Waals surface area contributed by atoms with E-state index in [9.17, 15) is 13.2 Å². The molecule has 1 aliphatic heterocycles. The summed E-state index contributed by atoms with van der Waals surface area (Å²) < 4.78 is 23.5. The van der Waals surface area contributed by atoms with E-state index in [-0.39, 0.29) is 17.4 Å². The number of hydrogen-bond donors (Lipinski definition) is 1. The summed E-state index contributed by atoms with van der Waals surface area (Å²) >= 11 is 3.19.